The van der Waals surface area contributed by atoms with Crippen molar-refractivity contribution in [3.63, 3.8) is 0 Å². The number of phosphoric acid groups is 2. The first-order chi connectivity index (χ1) is 48.8. The van der Waals surface area contributed by atoms with Crippen molar-refractivity contribution in [2.24, 2.45) is 17.8 Å². The molecule has 0 aliphatic heterocycles. The molecule has 6 atom stereocenters. The Morgan fingerprint density at radius 1 is 0.287 bits per heavy atom. The van der Waals surface area contributed by atoms with Crippen molar-refractivity contribution < 1.29 is 80.2 Å². The topological polar surface area (TPSA) is 237 Å². The van der Waals surface area contributed by atoms with E-state index in [-0.39, 0.29) is 25.7 Å². The Balaban J connectivity index is 5.25. The van der Waals surface area contributed by atoms with Crippen LogP contribution in [0.5, 0.6) is 0 Å². The third-order valence-electron chi connectivity index (χ3n) is 19.5. The van der Waals surface area contributed by atoms with E-state index in [0.29, 0.717) is 25.7 Å². The Bertz CT molecular complexity index is 1960. The van der Waals surface area contributed by atoms with Gasteiger partial charge < -0.3 is 33.8 Å². The quantitative estimate of drug-likeness (QED) is 0.0222. The smallest absolute Gasteiger partial charge is 0.462 e. The number of unbranched alkanes of at least 4 members (excludes halogenated alkanes) is 47. The minimum absolute atomic E-state index is 0.107. The second-order valence-corrected chi connectivity index (χ2v) is 33.6. The zero-order valence-electron chi connectivity index (χ0n) is 66.4. The number of carbonyl (C=O) groups is 4. The Kier molecular flexibility index (Phi) is 70.9. The molecular formula is C82H160O17P2. The van der Waals surface area contributed by atoms with Crippen molar-refractivity contribution in [1.82, 2.24) is 0 Å². The summed E-state index contributed by atoms with van der Waals surface area (Å²) in [6, 6.07) is 0. The van der Waals surface area contributed by atoms with E-state index in [0.717, 1.165) is 108 Å². The molecule has 3 N–H and O–H groups in total. The molecule has 0 aromatic rings. The summed E-state index contributed by atoms with van der Waals surface area (Å²) >= 11 is 0. The molecule has 17 nitrogen and oxygen atoms in total. The first-order valence-corrected chi connectivity index (χ1v) is 45.4. The number of hydrogen-bond acceptors (Lipinski definition) is 15. The Labute approximate surface area is 619 Å². The van der Waals surface area contributed by atoms with E-state index < -0.39 is 97.5 Å². The second-order valence-electron chi connectivity index (χ2n) is 30.7. The third kappa shape index (κ3) is 74.7. The van der Waals surface area contributed by atoms with Gasteiger partial charge in [0.05, 0.1) is 26.4 Å². The van der Waals surface area contributed by atoms with Crippen molar-refractivity contribution in [3.05, 3.63) is 0 Å². The highest BCUT2D eigenvalue weighted by atomic mass is 31.2. The summed E-state index contributed by atoms with van der Waals surface area (Å²) in [5, 5.41) is 10.6. The normalized spacial score (nSPS) is 14.2. The third-order valence-corrected chi connectivity index (χ3v) is 21.4. The van der Waals surface area contributed by atoms with Crippen LogP contribution in [0.2, 0.25) is 0 Å². The molecule has 0 bridgehead atoms. The number of phosphoric ester groups is 2. The molecule has 0 saturated heterocycles. The number of rotatable bonds is 80. The highest BCUT2D eigenvalue weighted by Gasteiger charge is 2.30. The molecule has 0 heterocycles. The first kappa shape index (κ1) is 99.1. The summed E-state index contributed by atoms with van der Waals surface area (Å²) in [5.41, 5.74) is 0. The van der Waals surface area contributed by atoms with Gasteiger partial charge in [0.25, 0.3) is 0 Å². The predicted molar refractivity (Wildman–Crippen MR) is 414 cm³/mol. The fourth-order valence-electron chi connectivity index (χ4n) is 12.6. The number of ether oxygens (including phenoxy) is 4. The molecular weight excluding hydrogens is 1320 g/mol. The van der Waals surface area contributed by atoms with Crippen molar-refractivity contribution in [3.8, 4) is 0 Å². The van der Waals surface area contributed by atoms with Crippen molar-refractivity contribution in [1.29, 1.82) is 0 Å². The van der Waals surface area contributed by atoms with Gasteiger partial charge in [-0.15, -0.1) is 0 Å². The number of aliphatic hydroxyl groups is 1. The Morgan fingerprint density at radius 2 is 0.505 bits per heavy atom. The summed E-state index contributed by atoms with van der Waals surface area (Å²) in [5.74, 6) is 0.323. The molecule has 0 fully saturated rings. The van der Waals surface area contributed by atoms with Crippen LogP contribution in [-0.4, -0.2) is 96.7 Å². The average Bonchev–Trinajstić information content (AvgIpc) is 0.973. The molecule has 0 amide bonds. The Morgan fingerprint density at radius 3 is 0.752 bits per heavy atom. The van der Waals surface area contributed by atoms with E-state index in [2.05, 4.69) is 48.5 Å². The van der Waals surface area contributed by atoms with Gasteiger partial charge in [0.2, 0.25) is 0 Å². The summed E-state index contributed by atoms with van der Waals surface area (Å²) in [7, 11) is -9.92. The van der Waals surface area contributed by atoms with Crippen LogP contribution in [0.25, 0.3) is 0 Å². The van der Waals surface area contributed by atoms with Gasteiger partial charge in [-0.05, 0) is 43.4 Å². The second kappa shape index (κ2) is 72.3. The zero-order valence-corrected chi connectivity index (χ0v) is 68.2. The SMILES string of the molecule is CCCCCCCCCCCCC(=O)OC[C@H](COP(=O)(O)OC[C@H](O)COP(=O)(O)OC[C@@H](COC(=O)CCCCCCCCCCCCCCCCC(C)C)OC(=O)CCCCCCCCCCCCCCCCC(C)CC)OC(=O)CCCCCCCCCCCCCCCC(C)C. The van der Waals surface area contributed by atoms with Gasteiger partial charge in [0.15, 0.2) is 12.2 Å². The van der Waals surface area contributed by atoms with E-state index in [4.69, 9.17) is 37.0 Å². The van der Waals surface area contributed by atoms with Crippen molar-refractivity contribution in [2.75, 3.05) is 39.6 Å². The molecule has 0 aromatic carbocycles. The lowest BCUT2D eigenvalue weighted by molar-refractivity contribution is -0.161. The van der Waals surface area contributed by atoms with Crippen LogP contribution in [0.1, 0.15) is 427 Å². The van der Waals surface area contributed by atoms with Crippen molar-refractivity contribution >= 4 is 39.5 Å². The maximum Gasteiger partial charge on any atom is 0.472 e. The van der Waals surface area contributed by atoms with Gasteiger partial charge in [-0.1, -0.05) is 376 Å². The summed E-state index contributed by atoms with van der Waals surface area (Å²) in [6.45, 7) is 12.0. The molecule has 0 aromatic heterocycles. The maximum atomic E-state index is 13.1. The lowest BCUT2D eigenvalue weighted by atomic mass is 9.99. The van der Waals surface area contributed by atoms with E-state index in [1.807, 2.05) is 0 Å². The number of aliphatic hydroxyl groups excluding tert-OH is 1. The van der Waals surface area contributed by atoms with Gasteiger partial charge >= 0.3 is 39.5 Å². The largest absolute Gasteiger partial charge is 0.472 e. The molecule has 19 heteroatoms. The summed E-state index contributed by atoms with van der Waals surface area (Å²) < 4.78 is 68.8. The van der Waals surface area contributed by atoms with Crippen LogP contribution in [0.15, 0.2) is 0 Å². The average molecular weight is 1480 g/mol. The van der Waals surface area contributed by atoms with E-state index in [1.54, 1.807) is 0 Å². The molecule has 0 spiro atoms. The Hall–Kier alpha value is -1.94. The molecule has 101 heavy (non-hydrogen) atoms. The minimum atomic E-state index is -4.96. The number of esters is 4. The van der Waals surface area contributed by atoms with Gasteiger partial charge in [-0.3, -0.25) is 37.3 Å². The van der Waals surface area contributed by atoms with E-state index in [9.17, 15) is 43.2 Å². The van der Waals surface area contributed by atoms with Crippen LogP contribution >= 0.6 is 15.6 Å². The fourth-order valence-corrected chi connectivity index (χ4v) is 14.2. The molecule has 600 valence electrons. The predicted octanol–water partition coefficient (Wildman–Crippen LogP) is 24.5. The molecule has 0 aliphatic carbocycles. The highest BCUT2D eigenvalue weighted by Crippen LogP contribution is 2.45. The molecule has 0 radical (unpaired) electrons. The molecule has 0 saturated carbocycles. The van der Waals surface area contributed by atoms with Gasteiger partial charge in [-0.25, -0.2) is 9.13 Å². The van der Waals surface area contributed by atoms with Crippen molar-refractivity contribution in [2.45, 2.75) is 446 Å². The van der Waals surface area contributed by atoms with E-state index in [1.165, 1.54) is 238 Å². The lowest BCUT2D eigenvalue weighted by Crippen LogP contribution is -2.30. The molecule has 3 unspecified atom stereocenters. The molecule has 0 rings (SSSR count). The number of hydrogen-bond donors (Lipinski definition) is 3. The van der Waals surface area contributed by atoms with Crippen LogP contribution < -0.4 is 0 Å². The standard InChI is InChI=1S/C82H160O17P2/c1-8-10-11-12-13-14-35-42-49-56-63-79(84)92-69-77(98-82(87)66-59-52-45-38-31-25-19-21-27-33-40-47-54-61-74(5)6)71-96-100(88,89)94-67-76(83)68-95-101(90,91)97-72-78(70-93-80(85)64-57-50-43-36-29-23-17-15-20-26-32-39-46-53-60-73(3)4)99-81(86)65-58-51-44-37-30-24-18-16-22-28-34-41-48-55-62-75(7)9-2/h73-78,83H,8-72H2,1-7H3,(H,88,89)(H,90,91)/t75?,76-,77+,78+/m0/s1. The zero-order chi connectivity index (χ0) is 74.4. The monoisotopic (exact) mass is 1480 g/mol. The van der Waals surface area contributed by atoms with Gasteiger partial charge in [0.1, 0.15) is 19.3 Å². The van der Waals surface area contributed by atoms with Gasteiger partial charge in [-0.2, -0.15) is 0 Å². The van der Waals surface area contributed by atoms with Crippen LogP contribution in [0.3, 0.4) is 0 Å². The minimum Gasteiger partial charge on any atom is -0.462 e. The summed E-state index contributed by atoms with van der Waals surface area (Å²) in [4.78, 5) is 73.1. The highest BCUT2D eigenvalue weighted by molar-refractivity contribution is 7.47. The fraction of sp³-hybridized carbons (Fsp3) is 0.951. The summed E-state index contributed by atoms with van der Waals surface area (Å²) in [6.07, 6.45) is 60.9. The van der Waals surface area contributed by atoms with Crippen LogP contribution in [0, 0.1) is 17.8 Å². The first-order valence-electron chi connectivity index (χ1n) is 42.4. The lowest BCUT2D eigenvalue weighted by Gasteiger charge is -2.21. The maximum absolute atomic E-state index is 13.1. The van der Waals surface area contributed by atoms with Crippen LogP contribution in [-0.2, 0) is 65.4 Å². The van der Waals surface area contributed by atoms with E-state index >= 15 is 0 Å². The van der Waals surface area contributed by atoms with Crippen LogP contribution in [0.4, 0.5) is 0 Å². The van der Waals surface area contributed by atoms with Gasteiger partial charge in [0, 0.05) is 25.7 Å². The number of carbonyl (C=O) groups excluding carboxylic acids is 4. The molecule has 0 aliphatic rings.